The molecule has 3 heteroatoms. The summed E-state index contributed by atoms with van der Waals surface area (Å²) in [6.45, 7) is 8.30. The zero-order chi connectivity index (χ0) is 32.9. The molecule has 0 saturated carbocycles. The molecule has 0 radical (unpaired) electrons. The molecule has 0 N–H and O–H groups in total. The molecule has 0 aliphatic heterocycles. The van der Waals surface area contributed by atoms with Crippen LogP contribution >= 0.6 is 0 Å². The van der Waals surface area contributed by atoms with Crippen LogP contribution in [0.4, 0.5) is 5.69 Å². The summed E-state index contributed by atoms with van der Waals surface area (Å²) in [7, 11) is 0. The third-order valence-corrected chi connectivity index (χ3v) is 9.65. The van der Waals surface area contributed by atoms with E-state index in [0.29, 0.717) is 11.3 Å². The molecular formula is C46H27N3. The van der Waals surface area contributed by atoms with Gasteiger partial charge in [-0.25, -0.2) is 4.85 Å². The Hall–Kier alpha value is -6.94. The minimum absolute atomic E-state index is 0.625. The average Bonchev–Trinajstić information content (AvgIpc) is 3.50. The number of para-hydroxylation sites is 1. The van der Waals surface area contributed by atoms with Gasteiger partial charge in [-0.05, 0) is 91.3 Å². The Bertz CT molecular complexity index is 2770. The van der Waals surface area contributed by atoms with Gasteiger partial charge < -0.3 is 4.57 Å². The van der Waals surface area contributed by atoms with Gasteiger partial charge in [0, 0.05) is 16.5 Å². The van der Waals surface area contributed by atoms with Gasteiger partial charge in [0.1, 0.15) is 0 Å². The summed E-state index contributed by atoms with van der Waals surface area (Å²) in [5.41, 5.74) is 10.9. The van der Waals surface area contributed by atoms with Crippen LogP contribution in [0, 0.1) is 17.9 Å². The van der Waals surface area contributed by atoms with E-state index in [1.54, 1.807) is 0 Å². The van der Waals surface area contributed by atoms with Gasteiger partial charge in [0.05, 0.1) is 29.2 Å². The van der Waals surface area contributed by atoms with Crippen molar-refractivity contribution in [3.8, 4) is 45.1 Å². The summed E-state index contributed by atoms with van der Waals surface area (Å²) in [6.07, 6.45) is 0. The SMILES string of the molecule is [C-]#[N+]c1cccc(-c2ccc(-n3c4ccccc4c4cc(C#N)ccc43)cc2)c1-c1c2ccccc2c(-c2ccccc2)c2ccccc12. The molecule has 49 heavy (non-hydrogen) atoms. The average molecular weight is 622 g/mol. The lowest BCUT2D eigenvalue weighted by Crippen LogP contribution is -1.95. The van der Waals surface area contributed by atoms with Gasteiger partial charge in [-0.15, -0.1) is 0 Å². The molecule has 0 atom stereocenters. The quantitative estimate of drug-likeness (QED) is 0.142. The fourth-order valence-corrected chi connectivity index (χ4v) is 7.56. The number of hydrogen-bond acceptors (Lipinski definition) is 1. The molecule has 0 amide bonds. The van der Waals surface area contributed by atoms with Crippen LogP contribution in [0.3, 0.4) is 0 Å². The first-order valence-corrected chi connectivity index (χ1v) is 16.3. The fourth-order valence-electron chi connectivity index (χ4n) is 7.56. The summed E-state index contributed by atoms with van der Waals surface area (Å²) in [5, 5.41) is 16.3. The number of nitriles is 1. The largest absolute Gasteiger partial charge is 0.309 e. The van der Waals surface area contributed by atoms with Crippen molar-refractivity contribution < 1.29 is 0 Å². The third kappa shape index (κ3) is 4.42. The van der Waals surface area contributed by atoms with Crippen LogP contribution in [-0.4, -0.2) is 4.57 Å². The first-order valence-electron chi connectivity index (χ1n) is 16.3. The van der Waals surface area contributed by atoms with Gasteiger partial charge in [-0.1, -0.05) is 127 Å². The number of rotatable bonds is 4. The fraction of sp³-hybridized carbons (Fsp3) is 0. The molecule has 0 aliphatic carbocycles. The van der Waals surface area contributed by atoms with Crippen LogP contribution in [0.2, 0.25) is 0 Å². The predicted molar refractivity (Wildman–Crippen MR) is 203 cm³/mol. The summed E-state index contributed by atoms with van der Waals surface area (Å²) < 4.78 is 2.26. The second-order valence-corrected chi connectivity index (χ2v) is 12.3. The molecule has 9 rings (SSSR count). The number of nitrogens with zero attached hydrogens (tertiary/aromatic N) is 3. The predicted octanol–water partition coefficient (Wildman–Crippen LogP) is 12.5. The van der Waals surface area contributed by atoms with Crippen LogP contribution in [0.1, 0.15) is 5.56 Å². The van der Waals surface area contributed by atoms with Crippen molar-refractivity contribution in [3.63, 3.8) is 0 Å². The normalized spacial score (nSPS) is 11.2. The lowest BCUT2D eigenvalue weighted by Gasteiger charge is -2.21. The minimum atomic E-state index is 0.625. The van der Waals surface area contributed by atoms with Crippen molar-refractivity contribution in [2.75, 3.05) is 0 Å². The smallest absolute Gasteiger partial charge is 0.195 e. The maximum atomic E-state index is 9.58. The maximum Gasteiger partial charge on any atom is 0.195 e. The molecule has 3 nitrogen and oxygen atoms in total. The molecule has 1 aromatic heterocycles. The topological polar surface area (TPSA) is 33.1 Å². The van der Waals surface area contributed by atoms with Crippen molar-refractivity contribution in [3.05, 3.63) is 181 Å². The van der Waals surface area contributed by atoms with Gasteiger partial charge >= 0.3 is 0 Å². The number of aromatic nitrogens is 1. The zero-order valence-electron chi connectivity index (χ0n) is 26.4. The Labute approximate surface area is 284 Å². The van der Waals surface area contributed by atoms with E-state index in [4.69, 9.17) is 6.57 Å². The standard InChI is InChI=1S/C46H27N3/c1-48-41-20-11-19-34(31-23-25-33(26-24-31)49-42-21-10-9-14-35(42)40-28-30(29-47)22-27-43(40)49)46(41)45-38-17-7-5-15-36(38)44(32-12-3-2-4-13-32)37-16-6-8-18-39(37)45/h2-28H. The molecule has 0 saturated heterocycles. The molecule has 0 aliphatic rings. The Balaban J connectivity index is 1.28. The summed E-state index contributed by atoms with van der Waals surface area (Å²) in [4.78, 5) is 4.09. The van der Waals surface area contributed by atoms with Crippen molar-refractivity contribution in [2.24, 2.45) is 0 Å². The van der Waals surface area contributed by atoms with E-state index < -0.39 is 0 Å². The molecular weight excluding hydrogens is 595 g/mol. The molecule has 0 bridgehead atoms. The van der Waals surface area contributed by atoms with E-state index in [2.05, 4.69) is 143 Å². The highest BCUT2D eigenvalue weighted by atomic mass is 15.0. The van der Waals surface area contributed by atoms with E-state index in [0.717, 1.165) is 71.3 Å². The monoisotopic (exact) mass is 621 g/mol. The Morgan fingerprint density at radius 2 is 1.06 bits per heavy atom. The van der Waals surface area contributed by atoms with Gasteiger partial charge in [0.15, 0.2) is 5.69 Å². The number of hydrogen-bond donors (Lipinski definition) is 0. The minimum Gasteiger partial charge on any atom is -0.309 e. The molecule has 8 aromatic carbocycles. The first kappa shape index (κ1) is 28.3. The lowest BCUT2D eigenvalue weighted by molar-refractivity contribution is 1.18. The van der Waals surface area contributed by atoms with Crippen LogP contribution in [-0.2, 0) is 0 Å². The third-order valence-electron chi connectivity index (χ3n) is 9.65. The van der Waals surface area contributed by atoms with Gasteiger partial charge in [0.25, 0.3) is 0 Å². The highest BCUT2D eigenvalue weighted by Crippen LogP contribution is 2.49. The van der Waals surface area contributed by atoms with Crippen molar-refractivity contribution >= 4 is 49.0 Å². The summed E-state index contributed by atoms with van der Waals surface area (Å²) in [6, 6.07) is 59.0. The molecule has 0 spiro atoms. The van der Waals surface area contributed by atoms with Crippen LogP contribution in [0.15, 0.2) is 164 Å². The Morgan fingerprint density at radius 1 is 0.469 bits per heavy atom. The second-order valence-electron chi connectivity index (χ2n) is 12.3. The highest BCUT2D eigenvalue weighted by molar-refractivity contribution is 6.23. The van der Waals surface area contributed by atoms with E-state index >= 15 is 0 Å². The maximum absolute atomic E-state index is 9.58. The van der Waals surface area contributed by atoms with Crippen molar-refractivity contribution in [1.29, 1.82) is 5.26 Å². The van der Waals surface area contributed by atoms with Crippen LogP contribution in [0.25, 0.3) is 87.3 Å². The zero-order valence-corrected chi connectivity index (χ0v) is 26.4. The van der Waals surface area contributed by atoms with E-state index in [9.17, 15) is 5.26 Å². The summed E-state index contributed by atoms with van der Waals surface area (Å²) in [5.74, 6) is 0. The summed E-state index contributed by atoms with van der Waals surface area (Å²) >= 11 is 0. The second kappa shape index (κ2) is 11.4. The van der Waals surface area contributed by atoms with E-state index in [-0.39, 0.29) is 0 Å². The molecule has 9 aromatic rings. The number of benzene rings is 8. The van der Waals surface area contributed by atoms with Gasteiger partial charge in [-0.3, -0.25) is 0 Å². The molecule has 0 unspecified atom stereocenters. The molecule has 0 fully saturated rings. The van der Waals surface area contributed by atoms with Crippen LogP contribution in [0.5, 0.6) is 0 Å². The Morgan fingerprint density at radius 3 is 1.71 bits per heavy atom. The lowest BCUT2D eigenvalue weighted by atomic mass is 9.83. The van der Waals surface area contributed by atoms with Crippen molar-refractivity contribution in [2.45, 2.75) is 0 Å². The first-order chi connectivity index (χ1) is 24.2. The molecule has 226 valence electrons. The van der Waals surface area contributed by atoms with E-state index in [1.165, 1.54) is 11.1 Å². The van der Waals surface area contributed by atoms with Gasteiger partial charge in [0.2, 0.25) is 0 Å². The highest BCUT2D eigenvalue weighted by Gasteiger charge is 2.21. The number of fused-ring (bicyclic) bond motifs is 5. The van der Waals surface area contributed by atoms with E-state index in [1.807, 2.05) is 36.4 Å². The van der Waals surface area contributed by atoms with Gasteiger partial charge in [-0.2, -0.15) is 5.26 Å². The van der Waals surface area contributed by atoms with Crippen LogP contribution < -0.4 is 0 Å². The van der Waals surface area contributed by atoms with Crippen molar-refractivity contribution in [1.82, 2.24) is 4.57 Å². The Kier molecular flexibility index (Phi) is 6.58. The molecule has 1 heterocycles.